The van der Waals surface area contributed by atoms with Crippen molar-refractivity contribution in [2.24, 2.45) is 0 Å². The zero-order valence-corrected chi connectivity index (χ0v) is 8.14. The molecule has 0 amide bonds. The van der Waals surface area contributed by atoms with Gasteiger partial charge in [-0.05, 0) is 0 Å². The Morgan fingerprint density at radius 1 is 1.00 bits per heavy atom. The van der Waals surface area contributed by atoms with Crippen molar-refractivity contribution in [3.63, 3.8) is 0 Å². The Kier molecular flexibility index (Phi) is 25.2. The van der Waals surface area contributed by atoms with Crippen molar-refractivity contribution in [3.8, 4) is 0 Å². The predicted octanol–water partition coefficient (Wildman–Crippen LogP) is -4.33. The summed E-state index contributed by atoms with van der Waals surface area (Å²) in [6.07, 6.45) is 0. The monoisotopic (exact) mass is 364 g/mol. The number of hydrogen-bond donors (Lipinski definition) is 0. The predicted molar refractivity (Wildman–Crippen MR) is 11.5 cm³/mol. The number of rotatable bonds is 0. The zero-order valence-electron chi connectivity index (χ0n) is 2.66. The van der Waals surface area contributed by atoms with Crippen LogP contribution >= 0.6 is 0 Å². The van der Waals surface area contributed by atoms with E-state index in [-0.39, 0.29) is 45.5 Å². The van der Waals surface area contributed by atoms with Crippen LogP contribution in [0, 0.1) is 0 Å². The van der Waals surface area contributed by atoms with E-state index in [2.05, 4.69) is 0 Å². The van der Waals surface area contributed by atoms with Crippen molar-refractivity contribution in [2.45, 2.75) is 0 Å². The summed E-state index contributed by atoms with van der Waals surface area (Å²) in [5.74, 6) is 0. The Morgan fingerprint density at radius 2 is 1.00 bits per heavy atom. The molecule has 0 aromatic rings. The first-order chi connectivity index (χ1) is 1.73. The first-order valence-corrected chi connectivity index (χ1v) is 0.707. The minimum Gasteiger partial charge on any atom is -0.907 e. The largest absolute Gasteiger partial charge is 3.00 e. The van der Waals surface area contributed by atoms with Gasteiger partial charge in [0, 0.05) is 21.1 Å². The van der Waals surface area contributed by atoms with Crippen LogP contribution in [-0.2, 0) is 21.1 Å². The van der Waals surface area contributed by atoms with Crippen molar-refractivity contribution in [1.82, 2.24) is 0 Å². The van der Waals surface area contributed by atoms with Gasteiger partial charge in [0.25, 0.3) is 0 Å². The van der Waals surface area contributed by atoms with Crippen molar-refractivity contribution in [2.75, 3.05) is 0 Å². The van der Waals surface area contributed by atoms with Crippen LogP contribution in [0.5, 0.6) is 0 Å². The van der Waals surface area contributed by atoms with E-state index in [9.17, 15) is 0 Å². The topological polar surface area (TPSA) is 69.2 Å². The number of hydrogen-bond acceptors (Lipinski definition) is 3. The molecule has 0 heterocycles. The molecule has 32 valence electrons. The second-order valence-corrected chi connectivity index (χ2v) is 0.289. The van der Waals surface area contributed by atoms with Crippen molar-refractivity contribution < 1.29 is 36.1 Å². The van der Waals surface area contributed by atoms with E-state index < -0.39 is 7.32 Å². The van der Waals surface area contributed by atoms with Gasteiger partial charge in [0.2, 0.25) is 0 Å². The smallest absolute Gasteiger partial charge is 0.907 e. The van der Waals surface area contributed by atoms with Crippen LogP contribution in [0.4, 0.5) is 0 Å². The summed E-state index contributed by atoms with van der Waals surface area (Å²) in [6.45, 7) is 0. The van der Waals surface area contributed by atoms with Crippen molar-refractivity contribution in [3.05, 3.63) is 0 Å². The molecule has 0 spiro atoms. The minimum atomic E-state index is -2.92. The summed E-state index contributed by atoms with van der Waals surface area (Å²) < 4.78 is 0. The summed E-state index contributed by atoms with van der Waals surface area (Å²) in [5.41, 5.74) is 0. The molecule has 0 saturated carbocycles. The first kappa shape index (κ1) is 15.7. The van der Waals surface area contributed by atoms with Gasteiger partial charge < -0.3 is 15.1 Å². The Labute approximate surface area is 67.6 Å². The molecule has 0 N–H and O–H groups in total. The quantitative estimate of drug-likeness (QED) is 0.408. The molecule has 0 aliphatic carbocycles. The van der Waals surface area contributed by atoms with Gasteiger partial charge in [0.05, 0.1) is 0 Å². The molecule has 3 nitrogen and oxygen atoms in total. The maximum Gasteiger partial charge on any atom is 3.00 e. The van der Waals surface area contributed by atoms with Crippen LogP contribution in [-0.4, -0.2) is 31.7 Å². The molecule has 0 fully saturated rings. The molecule has 6 heteroatoms. The van der Waals surface area contributed by atoms with Crippen molar-refractivity contribution in [1.29, 1.82) is 0 Å². The molecule has 2 radical (unpaired) electrons. The first-order valence-electron chi connectivity index (χ1n) is 0.707. The third-order valence-electron chi connectivity index (χ3n) is 0. The molecule has 0 aromatic heterocycles. The molecule has 6 heavy (non-hydrogen) atoms. The van der Waals surface area contributed by atoms with Gasteiger partial charge >= 0.3 is 24.4 Å². The van der Waals surface area contributed by atoms with Gasteiger partial charge in [-0.3, -0.25) is 7.32 Å². The van der Waals surface area contributed by atoms with Crippen LogP contribution in [0.2, 0.25) is 0 Å². The van der Waals surface area contributed by atoms with E-state index in [0.29, 0.717) is 0 Å². The Balaban J connectivity index is -0.0000000450. The van der Waals surface area contributed by atoms with Crippen LogP contribution in [0.3, 0.4) is 0 Å². The van der Waals surface area contributed by atoms with Crippen LogP contribution in [0.15, 0.2) is 0 Å². The van der Waals surface area contributed by atoms with E-state index in [1.165, 1.54) is 0 Å². The normalized spacial score (nSPS) is 4.50. The van der Waals surface area contributed by atoms with Crippen LogP contribution in [0.25, 0.3) is 0 Å². The summed E-state index contributed by atoms with van der Waals surface area (Å²) in [5, 5.41) is 25.2. The SMILES string of the molecule is [O-]B([O-])[O-].[Sb+3].[W]. The second-order valence-electron chi connectivity index (χ2n) is 0.289. The Morgan fingerprint density at radius 3 is 1.00 bits per heavy atom. The summed E-state index contributed by atoms with van der Waals surface area (Å²) in [6, 6.07) is 0. The van der Waals surface area contributed by atoms with E-state index in [1.807, 2.05) is 0 Å². The minimum absolute atomic E-state index is 0. The zero-order chi connectivity index (χ0) is 3.58. The van der Waals surface area contributed by atoms with Crippen LogP contribution in [0.1, 0.15) is 0 Å². The standard InChI is InChI=1S/BO3.Sb.W/c2-1(3)4;;/q-3;+3;. The molecule has 0 aliphatic heterocycles. The average molecular weight is 364 g/mol. The van der Waals surface area contributed by atoms with Crippen LogP contribution < -0.4 is 15.1 Å². The van der Waals surface area contributed by atoms with E-state index >= 15 is 0 Å². The molecule has 0 atom stereocenters. The Bertz CT molecular complexity index is 15.5. The van der Waals surface area contributed by atoms with Crippen molar-refractivity contribution >= 4 is 31.7 Å². The van der Waals surface area contributed by atoms with E-state index in [0.717, 1.165) is 0 Å². The van der Waals surface area contributed by atoms with Gasteiger partial charge in [-0.25, -0.2) is 0 Å². The van der Waals surface area contributed by atoms with Gasteiger partial charge in [0.15, 0.2) is 0 Å². The van der Waals surface area contributed by atoms with E-state index in [4.69, 9.17) is 15.1 Å². The average Bonchev–Trinajstić information content (AvgIpc) is 0.811. The van der Waals surface area contributed by atoms with E-state index in [1.54, 1.807) is 0 Å². The summed E-state index contributed by atoms with van der Waals surface area (Å²) in [7, 11) is -2.92. The molecule has 0 unspecified atom stereocenters. The fraction of sp³-hybridized carbons (Fsp3) is 0. The fourth-order valence-electron chi connectivity index (χ4n) is 0. The maximum atomic E-state index is 8.42. The summed E-state index contributed by atoms with van der Waals surface area (Å²) >= 11 is 0. The molecule has 0 saturated heterocycles. The second kappa shape index (κ2) is 9.68. The third-order valence-corrected chi connectivity index (χ3v) is 0. The van der Waals surface area contributed by atoms with Gasteiger partial charge in [-0.1, -0.05) is 0 Å². The molecule has 0 aromatic carbocycles. The van der Waals surface area contributed by atoms with Gasteiger partial charge in [-0.15, -0.1) is 0 Å². The molecule has 0 aliphatic rings. The fourth-order valence-corrected chi connectivity index (χ4v) is 0. The maximum absolute atomic E-state index is 8.42. The summed E-state index contributed by atoms with van der Waals surface area (Å²) in [4.78, 5) is 0. The molecular formula is BO3SbW. The molecule has 0 bridgehead atoms. The van der Waals surface area contributed by atoms with Gasteiger partial charge in [0.1, 0.15) is 0 Å². The van der Waals surface area contributed by atoms with Gasteiger partial charge in [-0.2, -0.15) is 0 Å². The molecule has 0 rings (SSSR count). The molecular weight excluding hydrogens is 364 g/mol. The third kappa shape index (κ3) is 51.3. The Hall–Kier alpha value is 1.45.